The molecule has 0 N–H and O–H groups in total. The van der Waals surface area contributed by atoms with Gasteiger partial charge in [0.1, 0.15) is 0 Å². The lowest BCUT2D eigenvalue weighted by molar-refractivity contribution is -0.145. The van der Waals surface area contributed by atoms with E-state index in [2.05, 4.69) is 54.6 Å². The van der Waals surface area contributed by atoms with Gasteiger partial charge in [-0.2, -0.15) is 5.26 Å². The number of benzene rings is 3. The smallest absolute Gasteiger partial charge is 0.308 e. The highest BCUT2D eigenvalue weighted by molar-refractivity contribution is 5.72. The molecule has 1 atom stereocenters. The van der Waals surface area contributed by atoms with E-state index in [1.54, 1.807) is 0 Å². The van der Waals surface area contributed by atoms with Crippen molar-refractivity contribution in [2.75, 3.05) is 7.11 Å². The van der Waals surface area contributed by atoms with E-state index in [9.17, 15) is 4.79 Å². The molecule has 0 amide bonds. The Kier molecular flexibility index (Phi) is 7.80. The summed E-state index contributed by atoms with van der Waals surface area (Å²) in [6.45, 7) is 0. The van der Waals surface area contributed by atoms with Crippen molar-refractivity contribution < 1.29 is 9.53 Å². The zero-order valence-corrected chi connectivity index (χ0v) is 17.4. The fourth-order valence-electron chi connectivity index (χ4n) is 3.69. The lowest BCUT2D eigenvalue weighted by Crippen LogP contribution is -2.17. The van der Waals surface area contributed by atoms with Crippen molar-refractivity contribution in [2.24, 2.45) is 5.92 Å². The second kappa shape index (κ2) is 11.0. The van der Waals surface area contributed by atoms with Crippen molar-refractivity contribution in [3.63, 3.8) is 0 Å². The molecule has 0 bridgehead atoms. The number of carbonyl (C=O) groups excluding carboxylic acids is 1. The van der Waals surface area contributed by atoms with Crippen molar-refractivity contribution in [2.45, 2.75) is 32.1 Å². The Hall–Kier alpha value is -3.38. The fourth-order valence-corrected chi connectivity index (χ4v) is 3.69. The highest BCUT2D eigenvalue weighted by Gasteiger charge is 2.18. The highest BCUT2D eigenvalue weighted by atomic mass is 16.5. The molecule has 3 aromatic rings. The fraction of sp³-hybridized carbons (Fsp3) is 0.259. The number of methoxy groups -OCH3 is 1. The van der Waals surface area contributed by atoms with E-state index >= 15 is 0 Å². The van der Waals surface area contributed by atoms with Crippen LogP contribution in [0, 0.1) is 17.2 Å². The number of hydrogen-bond donors (Lipinski definition) is 0. The number of aryl methyl sites for hydroxylation is 2. The highest BCUT2D eigenvalue weighted by Crippen LogP contribution is 2.23. The minimum absolute atomic E-state index is 0.0723. The number of hydrogen-bond acceptors (Lipinski definition) is 3. The van der Waals surface area contributed by atoms with Crippen LogP contribution in [0.1, 0.15) is 36.0 Å². The third-order valence-corrected chi connectivity index (χ3v) is 5.48. The van der Waals surface area contributed by atoms with Crippen molar-refractivity contribution in [1.82, 2.24) is 0 Å². The van der Waals surface area contributed by atoms with Crippen LogP contribution in [0.25, 0.3) is 11.1 Å². The number of carbonyl (C=O) groups is 1. The third kappa shape index (κ3) is 6.06. The summed E-state index contributed by atoms with van der Waals surface area (Å²) in [4.78, 5) is 12.2. The number of esters is 1. The van der Waals surface area contributed by atoms with Gasteiger partial charge in [0.05, 0.1) is 24.7 Å². The maximum atomic E-state index is 12.2. The first-order valence-electron chi connectivity index (χ1n) is 10.4. The Morgan fingerprint density at radius 3 is 2.03 bits per heavy atom. The number of nitriles is 1. The molecule has 0 aliphatic rings. The van der Waals surface area contributed by atoms with E-state index in [1.165, 1.54) is 18.2 Å². The zero-order chi connectivity index (χ0) is 21.2. The topological polar surface area (TPSA) is 50.1 Å². The number of nitrogens with zero attached hydrogens (tertiary/aromatic N) is 1. The van der Waals surface area contributed by atoms with Gasteiger partial charge in [-0.1, -0.05) is 66.7 Å². The van der Waals surface area contributed by atoms with E-state index in [-0.39, 0.29) is 11.9 Å². The summed E-state index contributed by atoms with van der Waals surface area (Å²) in [5.74, 6) is -0.186. The summed E-state index contributed by atoms with van der Waals surface area (Å²) in [6.07, 6.45) is 4.43. The van der Waals surface area contributed by atoms with Crippen molar-refractivity contribution >= 4 is 5.97 Å². The molecule has 0 saturated carbocycles. The average molecular weight is 398 g/mol. The molecule has 0 aliphatic carbocycles. The molecule has 0 saturated heterocycles. The molecule has 30 heavy (non-hydrogen) atoms. The van der Waals surface area contributed by atoms with Crippen molar-refractivity contribution in [1.29, 1.82) is 5.26 Å². The van der Waals surface area contributed by atoms with Gasteiger partial charge >= 0.3 is 5.97 Å². The Bertz CT molecular complexity index is 970. The van der Waals surface area contributed by atoms with Crippen LogP contribution in [0.3, 0.4) is 0 Å². The second-order valence-electron chi connectivity index (χ2n) is 7.52. The van der Waals surface area contributed by atoms with Gasteiger partial charge in [-0.25, -0.2) is 0 Å². The molecule has 1 unspecified atom stereocenters. The van der Waals surface area contributed by atoms with E-state index in [4.69, 9.17) is 10.00 Å². The van der Waals surface area contributed by atoms with E-state index in [0.29, 0.717) is 5.56 Å². The minimum atomic E-state index is -0.114. The molecular weight excluding hydrogens is 370 g/mol. The summed E-state index contributed by atoms with van der Waals surface area (Å²) >= 11 is 0. The van der Waals surface area contributed by atoms with Gasteiger partial charge in [-0.15, -0.1) is 0 Å². The largest absolute Gasteiger partial charge is 0.469 e. The van der Waals surface area contributed by atoms with E-state index < -0.39 is 0 Å². The Balaban J connectivity index is 1.55. The summed E-state index contributed by atoms with van der Waals surface area (Å²) in [7, 11) is 1.47. The Morgan fingerprint density at radius 2 is 1.43 bits per heavy atom. The summed E-state index contributed by atoms with van der Waals surface area (Å²) in [5, 5.41) is 8.93. The quantitative estimate of drug-likeness (QED) is 0.418. The Labute approximate surface area is 178 Å². The normalized spacial score (nSPS) is 11.5. The molecule has 0 fully saturated rings. The van der Waals surface area contributed by atoms with Gasteiger partial charge in [-0.05, 0) is 66.5 Å². The van der Waals surface area contributed by atoms with Crippen LogP contribution in [0.15, 0.2) is 78.9 Å². The lowest BCUT2D eigenvalue weighted by Gasteiger charge is -2.15. The molecule has 0 aromatic heterocycles. The first-order chi connectivity index (χ1) is 14.7. The monoisotopic (exact) mass is 397 g/mol. The molecule has 3 heteroatoms. The maximum absolute atomic E-state index is 12.2. The molecule has 152 valence electrons. The molecular formula is C27H27NO2. The summed E-state index contributed by atoms with van der Waals surface area (Å²) in [5.41, 5.74) is 5.39. The molecule has 0 spiro atoms. The minimum Gasteiger partial charge on any atom is -0.469 e. The molecule has 3 aromatic carbocycles. The van der Waals surface area contributed by atoms with Gasteiger partial charge < -0.3 is 4.74 Å². The van der Waals surface area contributed by atoms with Crippen molar-refractivity contribution in [3.05, 3.63) is 95.6 Å². The van der Waals surface area contributed by atoms with Gasteiger partial charge in [0.2, 0.25) is 0 Å². The van der Waals surface area contributed by atoms with Gasteiger partial charge in [0, 0.05) is 0 Å². The van der Waals surface area contributed by atoms with Crippen molar-refractivity contribution in [3.8, 4) is 17.2 Å². The van der Waals surface area contributed by atoms with Gasteiger partial charge in [0.25, 0.3) is 0 Å². The van der Waals surface area contributed by atoms with Crippen LogP contribution in [0.4, 0.5) is 0 Å². The van der Waals surface area contributed by atoms with Crippen LogP contribution < -0.4 is 0 Å². The SMILES string of the molecule is COC(=O)C(CCCc1ccccc1)CCc1ccc(-c2ccc(C#N)cc2)cc1. The van der Waals surface area contributed by atoms with E-state index in [1.807, 2.05) is 30.3 Å². The first-order valence-corrected chi connectivity index (χ1v) is 10.4. The van der Waals surface area contributed by atoms with Crippen LogP contribution in [0.2, 0.25) is 0 Å². The third-order valence-electron chi connectivity index (χ3n) is 5.48. The van der Waals surface area contributed by atoms with Crippen LogP contribution in [-0.2, 0) is 22.4 Å². The van der Waals surface area contributed by atoms with Gasteiger partial charge in [-0.3, -0.25) is 4.79 Å². The molecule has 3 nitrogen and oxygen atoms in total. The predicted octanol–water partition coefficient (Wildman–Crippen LogP) is 5.97. The van der Waals surface area contributed by atoms with Crippen LogP contribution in [0.5, 0.6) is 0 Å². The molecule has 0 radical (unpaired) electrons. The van der Waals surface area contributed by atoms with Crippen LogP contribution >= 0.6 is 0 Å². The molecule has 0 heterocycles. The molecule has 0 aliphatic heterocycles. The van der Waals surface area contributed by atoms with Gasteiger partial charge in [0.15, 0.2) is 0 Å². The summed E-state index contributed by atoms with van der Waals surface area (Å²) in [6, 6.07) is 28.5. The predicted molar refractivity (Wildman–Crippen MR) is 120 cm³/mol. The molecule has 3 rings (SSSR count). The lowest BCUT2D eigenvalue weighted by atomic mass is 9.93. The standard InChI is InChI=1S/C27H27NO2/c1-30-27(29)26(9-5-8-21-6-3-2-4-7-21)19-12-22-10-15-24(16-11-22)25-17-13-23(20-28)14-18-25/h2-4,6-7,10-11,13-18,26H,5,8-9,12,19H2,1H3. The Morgan fingerprint density at radius 1 is 0.833 bits per heavy atom. The second-order valence-corrected chi connectivity index (χ2v) is 7.52. The first kappa shape index (κ1) is 21.3. The number of rotatable bonds is 9. The van der Waals surface area contributed by atoms with Crippen LogP contribution in [-0.4, -0.2) is 13.1 Å². The summed E-state index contributed by atoms with van der Waals surface area (Å²) < 4.78 is 5.04. The maximum Gasteiger partial charge on any atom is 0.308 e. The average Bonchev–Trinajstić information content (AvgIpc) is 2.82. The number of ether oxygens (including phenoxy) is 1. The van der Waals surface area contributed by atoms with E-state index in [0.717, 1.165) is 43.2 Å². The zero-order valence-electron chi connectivity index (χ0n) is 17.4.